The van der Waals surface area contributed by atoms with E-state index in [1.807, 2.05) is 0 Å². The van der Waals surface area contributed by atoms with Gasteiger partial charge >= 0.3 is 35.9 Å². The van der Waals surface area contributed by atoms with Gasteiger partial charge in [-0.15, -0.1) is 0 Å². The van der Waals surface area contributed by atoms with E-state index in [1.165, 1.54) is 0 Å². The molecule has 0 atom stereocenters. The molecule has 20 heavy (non-hydrogen) atoms. The lowest BCUT2D eigenvalue weighted by molar-refractivity contribution is -0.468. The smallest absolute Gasteiger partial charge is 0.331 e. The van der Waals surface area contributed by atoms with Crippen LogP contribution in [-0.4, -0.2) is 46.1 Å². The molecule has 0 aromatic rings. The van der Waals surface area contributed by atoms with Gasteiger partial charge in [-0.1, -0.05) is 0 Å². The van der Waals surface area contributed by atoms with E-state index in [1.54, 1.807) is 0 Å². The van der Waals surface area contributed by atoms with E-state index < -0.39 is 35.9 Å². The second kappa shape index (κ2) is 4.29. The third-order valence-electron chi connectivity index (χ3n) is 1.94. The molecule has 0 radical (unpaired) electrons. The van der Waals surface area contributed by atoms with Crippen LogP contribution in [-0.2, 0) is 0 Å². The Bertz CT molecular complexity index is 327. The third-order valence-corrected chi connectivity index (χ3v) is 1.94. The van der Waals surface area contributed by atoms with E-state index in [0.29, 0.717) is 0 Å². The maximum Gasteiger partial charge on any atom is 0.423 e. The molecule has 0 rings (SSSR count). The molecule has 0 aromatic carbocycles. The SMILES string of the molecule is OC(F)(F)C(F)(F)C(F)(F)C(F)(F)C(F)(F)C(O)(F)F. The van der Waals surface area contributed by atoms with E-state index in [2.05, 4.69) is 0 Å². The molecule has 2 N–H and O–H groups in total. The lowest BCUT2D eigenvalue weighted by Gasteiger charge is -2.38. The van der Waals surface area contributed by atoms with E-state index in [-0.39, 0.29) is 0 Å². The second-order valence-corrected chi connectivity index (χ2v) is 3.38. The van der Waals surface area contributed by atoms with Gasteiger partial charge in [0.2, 0.25) is 0 Å². The molecule has 0 saturated heterocycles. The highest BCUT2D eigenvalue weighted by Crippen LogP contribution is 2.58. The Morgan fingerprint density at radius 3 is 0.600 bits per heavy atom. The summed E-state index contributed by atoms with van der Waals surface area (Å²) in [5, 5.41) is 14.6. The van der Waals surface area contributed by atoms with Crippen molar-refractivity contribution in [2.24, 2.45) is 0 Å². The van der Waals surface area contributed by atoms with Crippen LogP contribution in [0.1, 0.15) is 0 Å². The minimum atomic E-state index is -7.84. The first-order chi connectivity index (χ1) is 8.25. The van der Waals surface area contributed by atoms with Crippen molar-refractivity contribution in [1.29, 1.82) is 0 Å². The van der Waals surface area contributed by atoms with E-state index >= 15 is 0 Å². The summed E-state index contributed by atoms with van der Waals surface area (Å²) in [5.41, 5.74) is 0. The van der Waals surface area contributed by atoms with Crippen LogP contribution in [0.2, 0.25) is 0 Å². The maximum absolute atomic E-state index is 12.4. The van der Waals surface area contributed by atoms with Gasteiger partial charge in [0.15, 0.2) is 0 Å². The van der Waals surface area contributed by atoms with Crippen molar-refractivity contribution in [3.8, 4) is 0 Å². The van der Waals surface area contributed by atoms with Crippen molar-refractivity contribution >= 4 is 0 Å². The average molecular weight is 334 g/mol. The molecule has 14 heteroatoms. The fourth-order valence-corrected chi connectivity index (χ4v) is 0.772. The van der Waals surface area contributed by atoms with Gasteiger partial charge in [-0.25, -0.2) is 0 Å². The molecule has 0 saturated carbocycles. The minimum absolute atomic E-state index is 6.94. The molecule has 2 nitrogen and oxygen atoms in total. The van der Waals surface area contributed by atoms with Crippen molar-refractivity contribution in [3.63, 3.8) is 0 Å². The Kier molecular flexibility index (Phi) is 4.09. The first-order valence-electron chi connectivity index (χ1n) is 3.97. The zero-order valence-corrected chi connectivity index (χ0v) is 8.43. The van der Waals surface area contributed by atoms with Crippen molar-refractivity contribution < 1.29 is 62.9 Å². The number of aliphatic hydroxyl groups is 2. The van der Waals surface area contributed by atoms with E-state index in [0.717, 1.165) is 0 Å². The molecule has 0 fully saturated rings. The van der Waals surface area contributed by atoms with Crippen LogP contribution < -0.4 is 0 Å². The van der Waals surface area contributed by atoms with Crippen molar-refractivity contribution in [2.75, 3.05) is 0 Å². The largest absolute Gasteiger partial charge is 0.423 e. The summed E-state index contributed by atoms with van der Waals surface area (Å²) < 4.78 is 146. The summed E-state index contributed by atoms with van der Waals surface area (Å²) in [5.74, 6) is -30.8. The van der Waals surface area contributed by atoms with Gasteiger partial charge in [0, 0.05) is 0 Å². The first kappa shape index (κ1) is 19.1. The monoisotopic (exact) mass is 334 g/mol. The lowest BCUT2D eigenvalue weighted by atomic mass is 9.97. The quantitative estimate of drug-likeness (QED) is 0.759. The number of rotatable bonds is 5. The van der Waals surface area contributed by atoms with Gasteiger partial charge in [0.05, 0.1) is 0 Å². The highest BCUT2D eigenvalue weighted by Gasteiger charge is 2.90. The number of hydrogen-bond acceptors (Lipinski definition) is 2. The molecule has 122 valence electrons. The third kappa shape index (κ3) is 2.27. The Labute approximate surface area is 100 Å². The van der Waals surface area contributed by atoms with Gasteiger partial charge in [-0.2, -0.15) is 52.7 Å². The maximum atomic E-state index is 12.4. The van der Waals surface area contributed by atoms with Crippen molar-refractivity contribution in [3.05, 3.63) is 0 Å². The van der Waals surface area contributed by atoms with Crippen LogP contribution in [0.3, 0.4) is 0 Å². The van der Waals surface area contributed by atoms with Crippen LogP contribution in [0.15, 0.2) is 0 Å². The zero-order chi connectivity index (χ0) is 17.0. The predicted octanol–water partition coefficient (Wildman–Crippen LogP) is 2.70. The molecule has 0 aromatic heterocycles. The minimum Gasteiger partial charge on any atom is -0.331 e. The van der Waals surface area contributed by atoms with Crippen LogP contribution in [0.4, 0.5) is 52.7 Å². The molecule has 0 unspecified atom stereocenters. The Morgan fingerprint density at radius 2 is 0.500 bits per heavy atom. The van der Waals surface area contributed by atoms with Crippen molar-refractivity contribution in [2.45, 2.75) is 35.9 Å². The highest BCUT2D eigenvalue weighted by molar-refractivity contribution is 5.08. The fourth-order valence-electron chi connectivity index (χ4n) is 0.772. The molecule has 0 aliphatic carbocycles. The Balaban J connectivity index is 6.08. The molecule has 0 bridgehead atoms. The zero-order valence-electron chi connectivity index (χ0n) is 8.43. The summed E-state index contributed by atoms with van der Waals surface area (Å²) in [6, 6.07) is 0. The number of hydrogen-bond donors (Lipinski definition) is 2. The van der Waals surface area contributed by atoms with Gasteiger partial charge in [-0.05, 0) is 0 Å². The van der Waals surface area contributed by atoms with Gasteiger partial charge in [-0.3, -0.25) is 0 Å². The molecule has 0 spiro atoms. The van der Waals surface area contributed by atoms with E-state index in [9.17, 15) is 52.7 Å². The number of halogens is 12. The normalized spacial score (nSPS) is 16.5. The molecule has 0 amide bonds. The van der Waals surface area contributed by atoms with Crippen LogP contribution in [0.25, 0.3) is 0 Å². The van der Waals surface area contributed by atoms with E-state index in [4.69, 9.17) is 10.2 Å². The summed E-state index contributed by atoms with van der Waals surface area (Å²) in [6.07, 6.45) is -13.9. The van der Waals surface area contributed by atoms with Gasteiger partial charge in [0.25, 0.3) is 0 Å². The molecule has 0 aliphatic heterocycles. The topological polar surface area (TPSA) is 40.5 Å². The molecule has 0 heterocycles. The Hall–Kier alpha value is -0.920. The van der Waals surface area contributed by atoms with Crippen LogP contribution >= 0.6 is 0 Å². The molecule has 0 aliphatic rings. The Morgan fingerprint density at radius 1 is 0.350 bits per heavy atom. The standard InChI is InChI=1S/C6H2F12O2/c7-1(8,3(11,12)5(15,16)19)2(9,10)4(13,14)6(17,18)20/h19-20H. The van der Waals surface area contributed by atoms with Gasteiger partial charge < -0.3 is 10.2 Å². The molecular weight excluding hydrogens is 332 g/mol. The average Bonchev–Trinajstić information content (AvgIpc) is 2.12. The second-order valence-electron chi connectivity index (χ2n) is 3.38. The summed E-state index contributed by atoms with van der Waals surface area (Å²) in [7, 11) is 0. The van der Waals surface area contributed by atoms with Crippen LogP contribution in [0.5, 0.6) is 0 Å². The first-order valence-corrected chi connectivity index (χ1v) is 3.97. The summed E-state index contributed by atoms with van der Waals surface area (Å²) in [4.78, 5) is 0. The fraction of sp³-hybridized carbons (Fsp3) is 1.00. The lowest BCUT2D eigenvalue weighted by Crippen LogP contribution is -2.70. The highest BCUT2D eigenvalue weighted by atomic mass is 19.4. The van der Waals surface area contributed by atoms with Crippen LogP contribution in [0, 0.1) is 0 Å². The van der Waals surface area contributed by atoms with Crippen molar-refractivity contribution in [1.82, 2.24) is 0 Å². The predicted molar refractivity (Wildman–Crippen MR) is 34.1 cm³/mol. The molecular formula is C6H2F12O2. The van der Waals surface area contributed by atoms with Gasteiger partial charge in [0.1, 0.15) is 0 Å². The number of alkyl halides is 12. The summed E-state index contributed by atoms with van der Waals surface area (Å²) >= 11 is 0. The summed E-state index contributed by atoms with van der Waals surface area (Å²) in [6.45, 7) is 0.